The number of rotatable bonds is 5. The molecular weight excluding hydrogens is 330 g/mol. The molecule has 0 atom stereocenters. The van der Waals surface area contributed by atoms with Crippen molar-refractivity contribution in [3.63, 3.8) is 0 Å². The summed E-state index contributed by atoms with van der Waals surface area (Å²) < 4.78 is 0. The molecule has 0 fully saturated rings. The molecule has 3 N–H and O–H groups in total. The first-order valence-electron chi connectivity index (χ1n) is 8.38. The SMILES string of the molecule is C=N/N=C(\SCN)c1cc(C)c2cc(NCC)cc(C(C)(C)C)c2n1. The summed E-state index contributed by atoms with van der Waals surface area (Å²) in [5, 5.41) is 13.0. The average molecular weight is 358 g/mol. The zero-order valence-electron chi connectivity index (χ0n) is 15.7. The number of aryl methyl sites for hydroxylation is 1. The van der Waals surface area contributed by atoms with Gasteiger partial charge in [-0.25, -0.2) is 4.98 Å². The van der Waals surface area contributed by atoms with E-state index in [4.69, 9.17) is 10.7 Å². The highest BCUT2D eigenvalue weighted by Crippen LogP contribution is 2.34. The first kappa shape index (κ1) is 19.4. The minimum absolute atomic E-state index is 0.0310. The lowest BCUT2D eigenvalue weighted by atomic mass is 9.84. The van der Waals surface area contributed by atoms with Crippen molar-refractivity contribution in [3.8, 4) is 0 Å². The fraction of sp³-hybridized carbons (Fsp3) is 0.421. The number of fused-ring (bicyclic) bond motifs is 1. The van der Waals surface area contributed by atoms with Crippen LogP contribution in [0.1, 0.15) is 44.5 Å². The predicted octanol–water partition coefficient (Wildman–Crippen LogP) is 4.28. The van der Waals surface area contributed by atoms with E-state index >= 15 is 0 Å². The van der Waals surface area contributed by atoms with Crippen molar-refractivity contribution >= 4 is 40.1 Å². The molecule has 134 valence electrons. The molecule has 0 aliphatic carbocycles. The third kappa shape index (κ3) is 4.38. The van der Waals surface area contributed by atoms with E-state index in [1.54, 1.807) is 0 Å². The Balaban J connectivity index is 2.79. The van der Waals surface area contributed by atoms with Crippen LogP contribution in [-0.2, 0) is 5.41 Å². The molecule has 0 saturated carbocycles. The van der Waals surface area contributed by atoms with Gasteiger partial charge in [0.2, 0.25) is 0 Å². The van der Waals surface area contributed by atoms with Crippen molar-refractivity contribution in [1.29, 1.82) is 0 Å². The maximum Gasteiger partial charge on any atom is 0.146 e. The Kier molecular flexibility index (Phi) is 6.19. The molecule has 1 aromatic heterocycles. The van der Waals surface area contributed by atoms with Gasteiger partial charge in [0.05, 0.1) is 11.2 Å². The van der Waals surface area contributed by atoms with Gasteiger partial charge in [-0.15, -0.1) is 5.10 Å². The summed E-state index contributed by atoms with van der Waals surface area (Å²) in [6.45, 7) is 15.2. The van der Waals surface area contributed by atoms with Crippen molar-refractivity contribution in [2.45, 2.75) is 40.0 Å². The Morgan fingerprint density at radius 2 is 2.04 bits per heavy atom. The molecule has 1 aromatic carbocycles. The van der Waals surface area contributed by atoms with Crippen molar-refractivity contribution in [2.24, 2.45) is 15.9 Å². The molecule has 1 heterocycles. The molecule has 0 aliphatic rings. The third-order valence-corrected chi connectivity index (χ3v) is 4.64. The van der Waals surface area contributed by atoms with Gasteiger partial charge in [0.25, 0.3) is 0 Å². The molecular formula is C19H27N5S. The Labute approximate surface area is 154 Å². The first-order valence-corrected chi connectivity index (χ1v) is 9.37. The number of hydrogen-bond acceptors (Lipinski definition) is 6. The number of nitrogens with one attached hydrogen (secondary N) is 1. The minimum atomic E-state index is -0.0310. The van der Waals surface area contributed by atoms with Crippen LogP contribution in [0.15, 0.2) is 28.4 Å². The molecule has 5 nitrogen and oxygen atoms in total. The number of thioether (sulfide) groups is 1. The van der Waals surface area contributed by atoms with E-state index in [2.05, 4.69) is 69.0 Å². The quantitative estimate of drug-likeness (QED) is 0.362. The van der Waals surface area contributed by atoms with Crippen LogP contribution in [0, 0.1) is 6.92 Å². The second-order valence-electron chi connectivity index (χ2n) is 6.88. The smallest absolute Gasteiger partial charge is 0.146 e. The molecule has 0 saturated heterocycles. The molecule has 6 heteroatoms. The fourth-order valence-corrected chi connectivity index (χ4v) is 3.30. The number of benzene rings is 1. The maximum absolute atomic E-state index is 5.68. The van der Waals surface area contributed by atoms with Gasteiger partial charge in [-0.3, -0.25) is 0 Å². The van der Waals surface area contributed by atoms with E-state index in [1.807, 2.05) is 6.07 Å². The molecule has 2 aromatic rings. The minimum Gasteiger partial charge on any atom is -0.385 e. The maximum atomic E-state index is 5.68. The highest BCUT2D eigenvalue weighted by molar-refractivity contribution is 8.14. The Morgan fingerprint density at radius 1 is 1.32 bits per heavy atom. The second kappa shape index (κ2) is 7.97. The van der Waals surface area contributed by atoms with Gasteiger partial charge in [0.1, 0.15) is 5.04 Å². The Bertz CT molecular complexity index is 806. The highest BCUT2D eigenvalue weighted by atomic mass is 32.2. The molecule has 2 rings (SSSR count). The topological polar surface area (TPSA) is 75.7 Å². The number of hydrogen-bond donors (Lipinski definition) is 2. The number of aromatic nitrogens is 1. The molecule has 0 amide bonds. The first-order chi connectivity index (χ1) is 11.8. The van der Waals surface area contributed by atoms with E-state index in [0.717, 1.165) is 34.4 Å². The van der Waals surface area contributed by atoms with Crippen LogP contribution in [0.4, 0.5) is 5.69 Å². The Morgan fingerprint density at radius 3 is 2.60 bits per heavy atom. The van der Waals surface area contributed by atoms with Crippen molar-refractivity contribution in [3.05, 3.63) is 35.0 Å². The van der Waals surface area contributed by atoms with E-state index in [0.29, 0.717) is 10.9 Å². The van der Waals surface area contributed by atoms with Crippen LogP contribution in [0.5, 0.6) is 0 Å². The number of anilines is 1. The summed E-state index contributed by atoms with van der Waals surface area (Å²) in [5.74, 6) is 0.415. The molecule has 0 radical (unpaired) electrons. The van der Waals surface area contributed by atoms with Crippen molar-refractivity contribution < 1.29 is 0 Å². The molecule has 25 heavy (non-hydrogen) atoms. The van der Waals surface area contributed by atoms with Crippen molar-refractivity contribution in [2.75, 3.05) is 17.7 Å². The van der Waals surface area contributed by atoms with Gasteiger partial charge in [-0.1, -0.05) is 32.5 Å². The lowest BCUT2D eigenvalue weighted by molar-refractivity contribution is 0.595. The van der Waals surface area contributed by atoms with E-state index in [1.165, 1.54) is 17.3 Å². The largest absolute Gasteiger partial charge is 0.385 e. The second-order valence-corrected chi connectivity index (χ2v) is 7.89. The zero-order valence-corrected chi connectivity index (χ0v) is 16.5. The normalized spacial score (nSPS) is 12.5. The van der Waals surface area contributed by atoms with E-state index < -0.39 is 0 Å². The molecule has 0 spiro atoms. The van der Waals surface area contributed by atoms with Crippen LogP contribution in [0.25, 0.3) is 10.9 Å². The van der Waals surface area contributed by atoms with Crippen LogP contribution in [0.3, 0.4) is 0 Å². The summed E-state index contributed by atoms with van der Waals surface area (Å²) in [4.78, 5) is 4.92. The van der Waals surface area contributed by atoms with Gasteiger partial charge in [0.15, 0.2) is 0 Å². The summed E-state index contributed by atoms with van der Waals surface area (Å²) in [6.07, 6.45) is 0. The van der Waals surface area contributed by atoms with Gasteiger partial charge < -0.3 is 11.1 Å². The van der Waals surface area contributed by atoms with Crippen LogP contribution >= 0.6 is 11.8 Å². The summed E-state index contributed by atoms with van der Waals surface area (Å²) >= 11 is 1.42. The lowest BCUT2D eigenvalue weighted by Gasteiger charge is -2.23. The standard InChI is InChI=1S/C19H27N5S/c1-7-22-13-9-14-12(2)8-16(18(24-21-6)25-11-20)23-17(14)15(10-13)19(3,4)5/h8-10,22H,6-7,11,20H2,1-5H3/b24-18-. The van der Waals surface area contributed by atoms with E-state index in [9.17, 15) is 0 Å². The zero-order chi connectivity index (χ0) is 18.6. The van der Waals surface area contributed by atoms with Crippen LogP contribution < -0.4 is 11.1 Å². The molecule has 0 bridgehead atoms. The number of nitrogens with zero attached hydrogens (tertiary/aromatic N) is 3. The van der Waals surface area contributed by atoms with Gasteiger partial charge in [-0.2, -0.15) is 5.10 Å². The lowest BCUT2D eigenvalue weighted by Crippen LogP contribution is -2.15. The molecule has 0 unspecified atom stereocenters. The summed E-state index contributed by atoms with van der Waals surface area (Å²) in [6, 6.07) is 6.40. The number of pyridine rings is 1. The summed E-state index contributed by atoms with van der Waals surface area (Å²) in [7, 11) is 0. The van der Waals surface area contributed by atoms with Gasteiger partial charge in [0, 0.05) is 30.2 Å². The van der Waals surface area contributed by atoms with Gasteiger partial charge in [-0.05, 0) is 48.6 Å². The summed E-state index contributed by atoms with van der Waals surface area (Å²) in [5.41, 5.74) is 10.9. The average Bonchev–Trinajstić information content (AvgIpc) is 2.54. The molecule has 0 aliphatic heterocycles. The van der Waals surface area contributed by atoms with Crippen LogP contribution in [0.2, 0.25) is 0 Å². The third-order valence-electron chi connectivity index (χ3n) is 3.91. The van der Waals surface area contributed by atoms with Crippen molar-refractivity contribution in [1.82, 2.24) is 4.98 Å². The van der Waals surface area contributed by atoms with E-state index in [-0.39, 0.29) is 5.41 Å². The number of nitrogens with two attached hydrogens (primary N) is 1. The van der Waals surface area contributed by atoms with Crippen LogP contribution in [-0.4, -0.2) is 29.2 Å². The Hall–Kier alpha value is -1.92. The predicted molar refractivity (Wildman–Crippen MR) is 112 cm³/mol. The van der Waals surface area contributed by atoms with Gasteiger partial charge >= 0.3 is 0 Å². The monoisotopic (exact) mass is 357 g/mol. The fourth-order valence-electron chi connectivity index (χ4n) is 2.78. The highest BCUT2D eigenvalue weighted by Gasteiger charge is 2.21.